The minimum Gasteiger partial charge on any atom is -1.00 e. The zero-order valence-corrected chi connectivity index (χ0v) is 22.4. The molecule has 2 aromatic rings. The van der Waals surface area contributed by atoms with Gasteiger partial charge in [0.1, 0.15) is 11.7 Å². The van der Waals surface area contributed by atoms with E-state index in [0.717, 1.165) is 51.3 Å². The molecule has 0 radical (unpaired) electrons. The maximum atomic E-state index is 14.5. The monoisotopic (exact) mass is 508 g/mol. The van der Waals surface area contributed by atoms with Crippen LogP contribution in [0.2, 0.25) is 0 Å². The van der Waals surface area contributed by atoms with Crippen LogP contribution in [-0.4, -0.2) is 43.1 Å². The smallest absolute Gasteiger partial charge is 0.232 e. The van der Waals surface area contributed by atoms with E-state index in [2.05, 4.69) is 65.7 Å². The third-order valence-electron chi connectivity index (χ3n) is 9.81. The highest BCUT2D eigenvalue weighted by molar-refractivity contribution is 5.82. The first kappa shape index (κ1) is 25.6. The quantitative estimate of drug-likeness (QED) is 0.684. The number of carbonyl (C=O) groups excluding carboxylic acids is 1. The summed E-state index contributed by atoms with van der Waals surface area (Å²) >= 11 is 0. The zero-order chi connectivity index (χ0) is 23.8. The largest absolute Gasteiger partial charge is 1.00 e. The first-order valence-electron chi connectivity index (χ1n) is 14.1. The van der Waals surface area contributed by atoms with Gasteiger partial charge in [-0.15, -0.1) is 0 Å². The van der Waals surface area contributed by atoms with E-state index in [1.54, 1.807) is 0 Å². The Kier molecular flexibility index (Phi) is 7.65. The van der Waals surface area contributed by atoms with E-state index in [1.807, 2.05) is 0 Å². The number of amides is 1. The fourth-order valence-corrected chi connectivity index (χ4v) is 7.96. The van der Waals surface area contributed by atoms with E-state index in [4.69, 9.17) is 4.74 Å². The minimum atomic E-state index is -0.0932. The number of fused-ring (bicyclic) bond motifs is 2. The minimum absolute atomic E-state index is 0. The number of quaternary nitrogens is 1. The molecule has 0 aromatic heterocycles. The van der Waals surface area contributed by atoms with Crippen molar-refractivity contribution in [1.82, 2.24) is 4.90 Å². The lowest BCUT2D eigenvalue weighted by molar-refractivity contribution is -0.640. The summed E-state index contributed by atoms with van der Waals surface area (Å²) < 4.78 is 6.16. The highest BCUT2D eigenvalue weighted by Gasteiger charge is 2.56. The molecule has 0 bridgehead atoms. The SMILES string of the molecule is Cc1cccc2c1OCC[C@]21C[NH2+]C[C@H]1C(=O)N1CC[C@@H](c2ccccc2)C[C@H]1C1CCCCC1.[Cl-]. The fourth-order valence-electron chi connectivity index (χ4n) is 7.96. The molecular formula is C31H41ClN2O2. The highest BCUT2D eigenvalue weighted by atomic mass is 35.5. The van der Waals surface area contributed by atoms with Crippen molar-refractivity contribution >= 4 is 5.91 Å². The number of nitrogens with zero attached hydrogens (tertiary/aromatic N) is 1. The van der Waals surface area contributed by atoms with Crippen molar-refractivity contribution in [2.75, 3.05) is 26.2 Å². The average Bonchev–Trinajstić information content (AvgIpc) is 3.33. The van der Waals surface area contributed by atoms with Gasteiger partial charge in [-0.1, -0.05) is 67.8 Å². The molecule has 3 fully saturated rings. The summed E-state index contributed by atoms with van der Waals surface area (Å²) in [4.78, 5) is 16.9. The number of piperidine rings is 1. The molecule has 0 unspecified atom stereocenters. The standard InChI is InChI=1S/C31H40N2O2.ClH/c1-22-9-8-14-26-29(22)35-18-16-31(26)21-32-20-27(31)30(34)33-17-15-25(23-10-4-2-5-11-23)19-28(33)24-12-6-3-7-13-24;/h2,4-5,8-11,14,24-25,27-28,32H,3,6-7,12-13,15-21H2,1H3;1H/t25-,27+,28+,31+;/m1./s1. The number of nitrogens with two attached hydrogens (primary N) is 1. The summed E-state index contributed by atoms with van der Waals surface area (Å²) in [6.07, 6.45) is 9.74. The summed E-state index contributed by atoms with van der Waals surface area (Å²) in [6, 6.07) is 18.0. The summed E-state index contributed by atoms with van der Waals surface area (Å²) in [5.74, 6) is 2.74. The normalized spacial score (nSPS) is 30.4. The molecule has 2 saturated heterocycles. The molecule has 1 aliphatic carbocycles. The van der Waals surface area contributed by atoms with Crippen LogP contribution in [0.4, 0.5) is 0 Å². The molecule has 1 saturated carbocycles. The van der Waals surface area contributed by atoms with Gasteiger partial charge in [0, 0.05) is 18.2 Å². The predicted molar refractivity (Wildman–Crippen MR) is 139 cm³/mol. The third-order valence-corrected chi connectivity index (χ3v) is 9.81. The van der Waals surface area contributed by atoms with Gasteiger partial charge in [-0.05, 0) is 62.0 Å². The van der Waals surface area contributed by atoms with E-state index < -0.39 is 0 Å². The molecule has 4 nitrogen and oxygen atoms in total. The van der Waals surface area contributed by atoms with Gasteiger partial charge in [-0.25, -0.2) is 0 Å². The van der Waals surface area contributed by atoms with Crippen molar-refractivity contribution < 1.29 is 27.3 Å². The van der Waals surface area contributed by atoms with Crippen molar-refractivity contribution in [3.8, 4) is 5.75 Å². The number of para-hydroxylation sites is 1. The van der Waals surface area contributed by atoms with Crippen LogP contribution in [0.3, 0.4) is 0 Å². The van der Waals surface area contributed by atoms with Crippen LogP contribution < -0.4 is 22.5 Å². The number of benzene rings is 2. The fraction of sp³-hybridized carbons (Fsp3) is 0.581. The Morgan fingerprint density at radius 1 is 1.03 bits per heavy atom. The van der Waals surface area contributed by atoms with Crippen molar-refractivity contribution in [1.29, 1.82) is 0 Å². The molecule has 2 N–H and O–H groups in total. The first-order chi connectivity index (χ1) is 17.2. The van der Waals surface area contributed by atoms with Gasteiger partial charge in [-0.3, -0.25) is 4.79 Å². The second-order valence-corrected chi connectivity index (χ2v) is 11.6. The molecule has 4 atom stereocenters. The molecule has 36 heavy (non-hydrogen) atoms. The van der Waals surface area contributed by atoms with Crippen molar-refractivity contribution in [3.05, 3.63) is 65.2 Å². The van der Waals surface area contributed by atoms with Crippen LogP contribution in [0.15, 0.2) is 48.5 Å². The number of hydrogen-bond donors (Lipinski definition) is 1. The van der Waals surface area contributed by atoms with Gasteiger partial charge in [0.2, 0.25) is 5.91 Å². The number of halogens is 1. The third kappa shape index (κ3) is 4.45. The molecule has 2 aromatic carbocycles. The van der Waals surface area contributed by atoms with E-state index >= 15 is 0 Å². The number of carbonyl (C=O) groups is 1. The number of aryl methyl sites for hydroxylation is 1. The zero-order valence-electron chi connectivity index (χ0n) is 21.6. The Morgan fingerprint density at radius 3 is 2.64 bits per heavy atom. The highest BCUT2D eigenvalue weighted by Crippen LogP contribution is 2.47. The van der Waals surface area contributed by atoms with Crippen molar-refractivity contribution in [2.24, 2.45) is 11.8 Å². The maximum absolute atomic E-state index is 14.5. The van der Waals surface area contributed by atoms with Crippen LogP contribution in [0.25, 0.3) is 0 Å². The van der Waals surface area contributed by atoms with Gasteiger partial charge in [0.05, 0.1) is 25.1 Å². The summed E-state index contributed by atoms with van der Waals surface area (Å²) in [6.45, 7) is 5.67. The van der Waals surface area contributed by atoms with Crippen molar-refractivity contribution in [2.45, 2.75) is 75.7 Å². The van der Waals surface area contributed by atoms with Gasteiger partial charge in [-0.2, -0.15) is 0 Å². The van der Waals surface area contributed by atoms with Gasteiger partial charge in [0.25, 0.3) is 0 Å². The number of ether oxygens (including phenoxy) is 1. The van der Waals surface area contributed by atoms with Gasteiger partial charge < -0.3 is 27.4 Å². The van der Waals surface area contributed by atoms with Crippen LogP contribution in [-0.2, 0) is 10.2 Å². The molecule has 4 aliphatic rings. The molecule has 3 heterocycles. The maximum Gasteiger partial charge on any atom is 0.232 e. The van der Waals surface area contributed by atoms with E-state index in [9.17, 15) is 4.79 Å². The Hall–Kier alpha value is -2.04. The Morgan fingerprint density at radius 2 is 1.83 bits per heavy atom. The lowest BCUT2D eigenvalue weighted by atomic mass is 9.67. The van der Waals surface area contributed by atoms with Crippen LogP contribution in [0.5, 0.6) is 5.75 Å². The van der Waals surface area contributed by atoms with Crippen LogP contribution in [0.1, 0.15) is 74.0 Å². The van der Waals surface area contributed by atoms with Gasteiger partial charge in [0.15, 0.2) is 0 Å². The number of likely N-dealkylation sites (tertiary alicyclic amines) is 1. The van der Waals surface area contributed by atoms with Crippen molar-refractivity contribution in [3.63, 3.8) is 0 Å². The molecule has 194 valence electrons. The lowest BCUT2D eigenvalue weighted by Crippen LogP contribution is -3.00. The molecule has 6 rings (SSSR count). The molecular weight excluding hydrogens is 468 g/mol. The van der Waals surface area contributed by atoms with Gasteiger partial charge >= 0.3 is 0 Å². The van der Waals surface area contributed by atoms with E-state index in [0.29, 0.717) is 23.8 Å². The Labute approximate surface area is 222 Å². The first-order valence-corrected chi connectivity index (χ1v) is 14.1. The summed E-state index contributed by atoms with van der Waals surface area (Å²) in [5, 5.41) is 2.40. The second-order valence-electron chi connectivity index (χ2n) is 11.6. The van der Waals surface area contributed by atoms with Crippen LogP contribution in [0, 0.1) is 18.8 Å². The molecule has 5 heteroatoms. The Bertz CT molecular complexity index is 1050. The van der Waals surface area contributed by atoms with Crippen LogP contribution >= 0.6 is 0 Å². The Balaban J connectivity index is 0.00000267. The van der Waals surface area contributed by atoms with E-state index in [1.165, 1.54) is 48.8 Å². The second kappa shape index (κ2) is 10.8. The van der Waals surface area contributed by atoms with E-state index in [-0.39, 0.29) is 23.7 Å². The predicted octanol–water partition coefficient (Wildman–Crippen LogP) is 1.57. The number of rotatable bonds is 3. The average molecular weight is 509 g/mol. The molecule has 1 amide bonds. The number of hydrogen-bond acceptors (Lipinski definition) is 2. The molecule has 3 aliphatic heterocycles. The topological polar surface area (TPSA) is 46.1 Å². The lowest BCUT2D eigenvalue weighted by Gasteiger charge is -2.47. The summed E-state index contributed by atoms with van der Waals surface area (Å²) in [7, 11) is 0. The molecule has 1 spiro atoms. The summed E-state index contributed by atoms with van der Waals surface area (Å²) in [5.41, 5.74) is 3.84.